The van der Waals surface area contributed by atoms with Gasteiger partial charge in [0.1, 0.15) is 5.82 Å². The Balaban J connectivity index is 1.38. The van der Waals surface area contributed by atoms with Crippen molar-refractivity contribution < 1.29 is 4.79 Å². The molecule has 25 heavy (non-hydrogen) atoms. The molecule has 2 N–H and O–H groups in total. The highest BCUT2D eigenvalue weighted by Gasteiger charge is 2.21. The zero-order chi connectivity index (χ0) is 17.1. The third kappa shape index (κ3) is 3.60. The predicted octanol–water partition coefficient (Wildman–Crippen LogP) is 3.88. The lowest BCUT2D eigenvalue weighted by Crippen LogP contribution is -2.34. The van der Waals surface area contributed by atoms with Crippen LogP contribution in [-0.2, 0) is 6.42 Å². The van der Waals surface area contributed by atoms with Crippen molar-refractivity contribution in [3.05, 3.63) is 53.7 Å². The van der Waals surface area contributed by atoms with Crippen LogP contribution in [0.2, 0.25) is 0 Å². The van der Waals surface area contributed by atoms with Crippen molar-refractivity contribution in [1.82, 2.24) is 10.3 Å². The van der Waals surface area contributed by atoms with Gasteiger partial charge < -0.3 is 15.5 Å². The monoisotopic (exact) mass is 336 g/mol. The molecule has 0 saturated carbocycles. The number of hydrogen-bond acceptors (Lipinski definition) is 3. The van der Waals surface area contributed by atoms with Gasteiger partial charge in [0.15, 0.2) is 0 Å². The van der Waals surface area contributed by atoms with Gasteiger partial charge in [0.25, 0.3) is 0 Å². The first-order valence-corrected chi connectivity index (χ1v) is 9.16. The number of aryl methyl sites for hydroxylation is 1. The number of rotatable bonds is 3. The molecule has 1 aromatic carbocycles. The van der Waals surface area contributed by atoms with Crippen LogP contribution in [0.25, 0.3) is 0 Å². The van der Waals surface area contributed by atoms with Gasteiger partial charge in [-0.1, -0.05) is 24.3 Å². The summed E-state index contributed by atoms with van der Waals surface area (Å²) in [4.78, 5) is 19.1. The Hall–Kier alpha value is -2.56. The molecule has 2 aliphatic rings. The van der Waals surface area contributed by atoms with Gasteiger partial charge in [-0.05, 0) is 55.4 Å². The molecule has 5 heteroatoms. The minimum Gasteiger partial charge on any atom is -0.357 e. The quantitative estimate of drug-likeness (QED) is 0.894. The molecule has 1 aliphatic carbocycles. The van der Waals surface area contributed by atoms with Crippen molar-refractivity contribution in [2.75, 3.05) is 23.3 Å². The zero-order valence-electron chi connectivity index (χ0n) is 14.4. The molecule has 130 valence electrons. The molecule has 0 spiro atoms. The number of carbonyl (C=O) groups is 1. The van der Waals surface area contributed by atoms with Crippen LogP contribution in [0.3, 0.4) is 0 Å². The van der Waals surface area contributed by atoms with Crippen LogP contribution in [0.5, 0.6) is 0 Å². The number of aromatic nitrogens is 1. The van der Waals surface area contributed by atoms with E-state index in [1.165, 1.54) is 24.0 Å². The number of amides is 2. The van der Waals surface area contributed by atoms with E-state index in [1.807, 2.05) is 18.2 Å². The van der Waals surface area contributed by atoms with E-state index in [2.05, 4.69) is 38.7 Å². The predicted molar refractivity (Wildman–Crippen MR) is 100.0 cm³/mol. The maximum atomic E-state index is 12.4. The summed E-state index contributed by atoms with van der Waals surface area (Å²) >= 11 is 0. The van der Waals surface area contributed by atoms with E-state index in [-0.39, 0.29) is 12.1 Å². The highest BCUT2D eigenvalue weighted by molar-refractivity contribution is 5.89. The summed E-state index contributed by atoms with van der Waals surface area (Å²) in [5.41, 5.74) is 3.31. The number of urea groups is 1. The smallest absolute Gasteiger partial charge is 0.319 e. The lowest BCUT2D eigenvalue weighted by Gasteiger charge is -2.26. The standard InChI is InChI=1S/C20H24N4O/c25-20(23-18-9-5-7-15-6-1-2-8-17(15)18)22-16-10-11-19(21-14-16)24-12-3-4-13-24/h1-2,6,8,10-11,14,18H,3-5,7,9,12-13H2,(H2,22,23,25). The van der Waals surface area contributed by atoms with Crippen LogP contribution >= 0.6 is 0 Å². The molecule has 1 aliphatic heterocycles. The first-order chi connectivity index (χ1) is 12.3. The molecule has 1 saturated heterocycles. The molecule has 0 radical (unpaired) electrons. The second kappa shape index (κ2) is 7.13. The maximum Gasteiger partial charge on any atom is 0.319 e. The fourth-order valence-corrected chi connectivity index (χ4v) is 3.82. The zero-order valence-corrected chi connectivity index (χ0v) is 14.4. The van der Waals surface area contributed by atoms with Gasteiger partial charge in [-0.3, -0.25) is 0 Å². The lowest BCUT2D eigenvalue weighted by molar-refractivity contribution is 0.247. The van der Waals surface area contributed by atoms with E-state index in [1.54, 1.807) is 6.20 Å². The molecule has 2 heterocycles. The van der Waals surface area contributed by atoms with Crippen molar-refractivity contribution in [2.24, 2.45) is 0 Å². The van der Waals surface area contributed by atoms with E-state index in [9.17, 15) is 4.79 Å². The van der Waals surface area contributed by atoms with Crippen molar-refractivity contribution in [3.63, 3.8) is 0 Å². The molecule has 1 unspecified atom stereocenters. The van der Waals surface area contributed by atoms with E-state index < -0.39 is 0 Å². The normalized spacial score (nSPS) is 19.4. The topological polar surface area (TPSA) is 57.3 Å². The fourth-order valence-electron chi connectivity index (χ4n) is 3.82. The maximum absolute atomic E-state index is 12.4. The average molecular weight is 336 g/mol. The van der Waals surface area contributed by atoms with E-state index in [0.29, 0.717) is 0 Å². The summed E-state index contributed by atoms with van der Waals surface area (Å²) in [6.07, 6.45) is 7.38. The van der Waals surface area contributed by atoms with Crippen LogP contribution in [0.1, 0.15) is 42.9 Å². The Kier molecular flexibility index (Phi) is 4.55. The van der Waals surface area contributed by atoms with Crippen LogP contribution < -0.4 is 15.5 Å². The number of carbonyl (C=O) groups excluding carboxylic acids is 1. The molecular weight excluding hydrogens is 312 g/mol. The van der Waals surface area contributed by atoms with Crippen LogP contribution in [0, 0.1) is 0 Å². The SMILES string of the molecule is O=C(Nc1ccc(N2CCCC2)nc1)NC1CCCc2ccccc21. The van der Waals surface area contributed by atoms with E-state index >= 15 is 0 Å². The van der Waals surface area contributed by atoms with Gasteiger partial charge in [0.05, 0.1) is 17.9 Å². The third-order valence-electron chi connectivity index (χ3n) is 5.11. The van der Waals surface area contributed by atoms with Crippen LogP contribution in [0.15, 0.2) is 42.6 Å². The second-order valence-corrected chi connectivity index (χ2v) is 6.84. The number of pyridine rings is 1. The fraction of sp³-hybridized carbons (Fsp3) is 0.400. The molecule has 0 bridgehead atoms. The third-order valence-corrected chi connectivity index (χ3v) is 5.11. The molecule has 5 nitrogen and oxygen atoms in total. The van der Waals surface area contributed by atoms with Crippen molar-refractivity contribution in [3.8, 4) is 0 Å². The molecule has 4 rings (SSSR count). The molecule has 1 atom stereocenters. The van der Waals surface area contributed by atoms with Gasteiger partial charge in [-0.2, -0.15) is 0 Å². The van der Waals surface area contributed by atoms with Gasteiger partial charge in [-0.15, -0.1) is 0 Å². The number of nitrogens with one attached hydrogen (secondary N) is 2. The summed E-state index contributed by atoms with van der Waals surface area (Å²) in [6.45, 7) is 2.14. The largest absolute Gasteiger partial charge is 0.357 e. The Labute approximate surface area is 148 Å². The van der Waals surface area contributed by atoms with Gasteiger partial charge in [0.2, 0.25) is 0 Å². The van der Waals surface area contributed by atoms with Crippen molar-refractivity contribution >= 4 is 17.5 Å². The highest BCUT2D eigenvalue weighted by Crippen LogP contribution is 2.29. The summed E-state index contributed by atoms with van der Waals surface area (Å²) in [6, 6.07) is 12.2. The van der Waals surface area contributed by atoms with Crippen molar-refractivity contribution in [1.29, 1.82) is 0 Å². The van der Waals surface area contributed by atoms with Crippen LogP contribution in [0.4, 0.5) is 16.3 Å². The van der Waals surface area contributed by atoms with Gasteiger partial charge in [0, 0.05) is 13.1 Å². The summed E-state index contributed by atoms with van der Waals surface area (Å²) in [5.74, 6) is 0.990. The summed E-state index contributed by atoms with van der Waals surface area (Å²) in [5, 5.41) is 6.01. The average Bonchev–Trinajstić information content (AvgIpc) is 3.17. The van der Waals surface area contributed by atoms with Crippen molar-refractivity contribution in [2.45, 2.75) is 38.1 Å². The Bertz CT molecular complexity index is 738. The minimum absolute atomic E-state index is 0.0850. The van der Waals surface area contributed by atoms with Gasteiger partial charge >= 0.3 is 6.03 Å². The molecule has 1 fully saturated rings. The molecule has 2 aromatic rings. The molecular formula is C20H24N4O. The Morgan fingerprint density at radius 2 is 1.92 bits per heavy atom. The number of nitrogens with zero attached hydrogens (tertiary/aromatic N) is 2. The molecule has 2 amide bonds. The number of anilines is 2. The first kappa shape index (κ1) is 15.9. The van der Waals surface area contributed by atoms with E-state index in [4.69, 9.17) is 0 Å². The lowest BCUT2D eigenvalue weighted by atomic mass is 9.88. The second-order valence-electron chi connectivity index (χ2n) is 6.84. The summed E-state index contributed by atoms with van der Waals surface area (Å²) < 4.78 is 0. The number of fused-ring (bicyclic) bond motifs is 1. The van der Waals surface area contributed by atoms with Gasteiger partial charge in [-0.25, -0.2) is 9.78 Å². The van der Waals surface area contributed by atoms with Crippen LogP contribution in [-0.4, -0.2) is 24.1 Å². The number of hydrogen-bond donors (Lipinski definition) is 2. The first-order valence-electron chi connectivity index (χ1n) is 9.16. The summed E-state index contributed by atoms with van der Waals surface area (Å²) in [7, 11) is 0. The Morgan fingerprint density at radius 1 is 1.08 bits per heavy atom. The Morgan fingerprint density at radius 3 is 2.72 bits per heavy atom. The number of benzene rings is 1. The molecule has 1 aromatic heterocycles. The minimum atomic E-state index is -0.169. The highest BCUT2D eigenvalue weighted by atomic mass is 16.2. The van der Waals surface area contributed by atoms with E-state index in [0.717, 1.165) is 43.9 Å².